The summed E-state index contributed by atoms with van der Waals surface area (Å²) < 4.78 is 13.0. The third kappa shape index (κ3) is 5.58. The number of carbonyl (C=O) groups is 2. The predicted molar refractivity (Wildman–Crippen MR) is 113 cm³/mol. The van der Waals surface area contributed by atoms with Gasteiger partial charge in [-0.15, -0.1) is 0 Å². The molecule has 0 spiro atoms. The molecule has 3 fully saturated rings. The summed E-state index contributed by atoms with van der Waals surface area (Å²) in [4.78, 5) is 29.7. The number of nitrogens with zero attached hydrogens (tertiary/aromatic N) is 1. The van der Waals surface area contributed by atoms with Crippen molar-refractivity contribution in [3.05, 3.63) is 30.1 Å². The Morgan fingerprint density at radius 1 is 0.933 bits per heavy atom. The van der Waals surface area contributed by atoms with E-state index in [1.807, 2.05) is 4.90 Å². The van der Waals surface area contributed by atoms with Crippen LogP contribution in [0.2, 0.25) is 0 Å². The number of carbonyl (C=O) groups excluding carboxylic acids is 2. The van der Waals surface area contributed by atoms with Crippen LogP contribution in [0.15, 0.2) is 24.3 Å². The summed E-state index contributed by atoms with van der Waals surface area (Å²) in [5, 5.41) is 2.82. The normalized spacial score (nSPS) is 27.4. The Hall–Kier alpha value is -1.99. The third-order valence-corrected chi connectivity index (χ3v) is 7.25. The zero-order valence-electron chi connectivity index (χ0n) is 17.8. The smallest absolute Gasteiger partial charge is 0.279 e. The second kappa shape index (κ2) is 9.88. The summed E-state index contributed by atoms with van der Waals surface area (Å²) in [5.41, 5.74) is 0.610. The van der Waals surface area contributed by atoms with E-state index in [1.54, 1.807) is 12.1 Å². The van der Waals surface area contributed by atoms with E-state index in [9.17, 15) is 14.0 Å². The standard InChI is InChI=1S/C23H33FN4O2/c24-20-5-7-21(8-6-20)25-22(29)16-26-11-13-28(14-12-26)23(30)17-27-10-9-18-3-1-2-4-19(18)15-27/h5-8,18-19H,1-4,9-17H2,(H,25,29)/p+2/t18-,19+/m0/s1. The quantitative estimate of drug-likeness (QED) is 0.609. The van der Waals surface area contributed by atoms with Gasteiger partial charge in [0.15, 0.2) is 13.1 Å². The van der Waals surface area contributed by atoms with E-state index in [0.717, 1.165) is 44.6 Å². The molecule has 0 radical (unpaired) electrons. The molecule has 1 unspecified atom stereocenters. The van der Waals surface area contributed by atoms with Crippen LogP contribution < -0.4 is 15.1 Å². The molecular formula is C23H35FN4O2+2. The lowest BCUT2D eigenvalue weighted by Crippen LogP contribution is -3.16. The van der Waals surface area contributed by atoms with Gasteiger partial charge in [0.1, 0.15) is 5.82 Å². The lowest BCUT2D eigenvalue weighted by Gasteiger charge is -2.39. The van der Waals surface area contributed by atoms with Crippen molar-refractivity contribution in [1.29, 1.82) is 0 Å². The molecule has 3 N–H and O–H groups in total. The van der Waals surface area contributed by atoms with E-state index in [1.165, 1.54) is 60.6 Å². The molecule has 0 bridgehead atoms. The zero-order valence-corrected chi connectivity index (χ0v) is 17.8. The molecule has 6 nitrogen and oxygen atoms in total. The SMILES string of the molecule is O=C(C[NH+]1CCN(C(=O)C[NH+]2CC[C@@H]3CCCC[C@@H]3C2)CC1)Nc1ccc(F)cc1. The number of fused-ring (bicyclic) bond motifs is 1. The van der Waals surface area contributed by atoms with Crippen LogP contribution in [0.25, 0.3) is 0 Å². The first-order chi connectivity index (χ1) is 14.6. The van der Waals surface area contributed by atoms with Crippen molar-refractivity contribution < 1.29 is 23.8 Å². The first-order valence-corrected chi connectivity index (χ1v) is 11.6. The minimum absolute atomic E-state index is 0.0730. The van der Waals surface area contributed by atoms with Crippen molar-refractivity contribution in [2.75, 3.05) is 57.7 Å². The molecule has 164 valence electrons. The maximum Gasteiger partial charge on any atom is 0.279 e. The van der Waals surface area contributed by atoms with Crippen molar-refractivity contribution >= 4 is 17.5 Å². The number of hydrogen-bond donors (Lipinski definition) is 3. The minimum atomic E-state index is -0.315. The molecule has 1 aromatic carbocycles. The zero-order chi connectivity index (χ0) is 20.9. The van der Waals surface area contributed by atoms with Gasteiger partial charge in [-0.25, -0.2) is 4.39 Å². The summed E-state index contributed by atoms with van der Waals surface area (Å²) >= 11 is 0. The van der Waals surface area contributed by atoms with Crippen LogP contribution in [0, 0.1) is 17.7 Å². The van der Waals surface area contributed by atoms with Crippen LogP contribution in [0.5, 0.6) is 0 Å². The fraction of sp³-hybridized carbons (Fsp3) is 0.652. The molecule has 2 saturated heterocycles. The molecule has 0 aromatic heterocycles. The first-order valence-electron chi connectivity index (χ1n) is 11.6. The number of nitrogens with one attached hydrogen (secondary N) is 3. The highest BCUT2D eigenvalue weighted by molar-refractivity contribution is 5.91. The third-order valence-electron chi connectivity index (χ3n) is 7.25. The Morgan fingerprint density at radius 2 is 1.63 bits per heavy atom. The fourth-order valence-corrected chi connectivity index (χ4v) is 5.50. The number of rotatable bonds is 5. The highest BCUT2D eigenvalue weighted by atomic mass is 19.1. The fourth-order valence-electron chi connectivity index (χ4n) is 5.50. The number of anilines is 1. The number of benzene rings is 1. The van der Waals surface area contributed by atoms with Crippen molar-refractivity contribution in [2.24, 2.45) is 11.8 Å². The summed E-state index contributed by atoms with van der Waals surface area (Å²) in [6.45, 7) is 6.34. The molecule has 3 aliphatic rings. The van der Waals surface area contributed by atoms with Crippen molar-refractivity contribution in [3.63, 3.8) is 0 Å². The largest absolute Gasteiger partial charge is 0.327 e. The maximum absolute atomic E-state index is 13.0. The molecule has 4 rings (SSSR count). The van der Waals surface area contributed by atoms with E-state index >= 15 is 0 Å². The predicted octanol–water partition coefficient (Wildman–Crippen LogP) is -0.414. The number of piperidine rings is 1. The lowest BCUT2D eigenvalue weighted by molar-refractivity contribution is -0.904. The summed E-state index contributed by atoms with van der Waals surface area (Å²) in [6.07, 6.45) is 6.79. The summed E-state index contributed by atoms with van der Waals surface area (Å²) in [6, 6.07) is 5.81. The van der Waals surface area contributed by atoms with Gasteiger partial charge in [0, 0.05) is 11.6 Å². The second-order valence-electron chi connectivity index (χ2n) is 9.34. The van der Waals surface area contributed by atoms with Crippen LogP contribution >= 0.6 is 0 Å². The van der Waals surface area contributed by atoms with Crippen LogP contribution in [-0.4, -0.2) is 69.1 Å². The number of hydrogen-bond acceptors (Lipinski definition) is 2. The number of quaternary nitrogens is 2. The summed E-state index contributed by atoms with van der Waals surface area (Å²) in [5.74, 6) is 1.62. The number of amides is 2. The number of piperazine rings is 1. The van der Waals surface area contributed by atoms with Crippen LogP contribution in [0.3, 0.4) is 0 Å². The highest BCUT2D eigenvalue weighted by Gasteiger charge is 2.35. The van der Waals surface area contributed by atoms with Crippen molar-refractivity contribution in [2.45, 2.75) is 32.1 Å². The Kier molecular flexibility index (Phi) is 7.00. The van der Waals surface area contributed by atoms with E-state index < -0.39 is 0 Å². The van der Waals surface area contributed by atoms with Crippen molar-refractivity contribution in [1.82, 2.24) is 4.90 Å². The molecule has 7 heteroatoms. The maximum atomic E-state index is 13.0. The monoisotopic (exact) mass is 418 g/mol. The Bertz CT molecular complexity index is 733. The van der Waals surface area contributed by atoms with E-state index in [2.05, 4.69) is 5.32 Å². The molecule has 2 heterocycles. The average molecular weight is 419 g/mol. The average Bonchev–Trinajstić information content (AvgIpc) is 2.76. The number of halogens is 1. The van der Waals surface area contributed by atoms with Gasteiger partial charge in [-0.2, -0.15) is 0 Å². The van der Waals surface area contributed by atoms with E-state index in [0.29, 0.717) is 18.8 Å². The lowest BCUT2D eigenvalue weighted by atomic mass is 9.75. The van der Waals surface area contributed by atoms with E-state index in [-0.39, 0.29) is 17.6 Å². The van der Waals surface area contributed by atoms with Gasteiger partial charge in [0.2, 0.25) is 0 Å². The van der Waals surface area contributed by atoms with Crippen molar-refractivity contribution in [3.8, 4) is 0 Å². The Labute approximate surface area is 178 Å². The van der Waals surface area contributed by atoms with Gasteiger partial charge in [0.05, 0.1) is 39.3 Å². The van der Waals surface area contributed by atoms with Crippen LogP contribution in [0.4, 0.5) is 10.1 Å². The second-order valence-corrected chi connectivity index (χ2v) is 9.34. The Balaban J connectivity index is 1.17. The Morgan fingerprint density at radius 3 is 2.37 bits per heavy atom. The molecule has 3 atom stereocenters. The molecule has 2 amide bonds. The highest BCUT2D eigenvalue weighted by Crippen LogP contribution is 2.32. The molecule has 1 aliphatic carbocycles. The molecule has 2 aliphatic heterocycles. The molecule has 1 aromatic rings. The van der Waals surface area contributed by atoms with Gasteiger partial charge >= 0.3 is 0 Å². The first kappa shape index (κ1) is 21.2. The van der Waals surface area contributed by atoms with Crippen LogP contribution in [-0.2, 0) is 9.59 Å². The van der Waals surface area contributed by atoms with Crippen LogP contribution in [0.1, 0.15) is 32.1 Å². The van der Waals surface area contributed by atoms with Gasteiger partial charge in [-0.05, 0) is 49.4 Å². The van der Waals surface area contributed by atoms with Gasteiger partial charge < -0.3 is 20.0 Å². The van der Waals surface area contributed by atoms with Gasteiger partial charge in [-0.1, -0.05) is 12.8 Å². The number of likely N-dealkylation sites (tertiary alicyclic amines) is 1. The minimum Gasteiger partial charge on any atom is -0.327 e. The molecule has 1 saturated carbocycles. The van der Waals surface area contributed by atoms with Gasteiger partial charge in [-0.3, -0.25) is 9.59 Å². The summed E-state index contributed by atoms with van der Waals surface area (Å²) in [7, 11) is 0. The molecular weight excluding hydrogens is 383 g/mol. The van der Waals surface area contributed by atoms with E-state index in [4.69, 9.17) is 0 Å². The molecule has 30 heavy (non-hydrogen) atoms. The topological polar surface area (TPSA) is 58.3 Å². The van der Waals surface area contributed by atoms with Gasteiger partial charge in [0.25, 0.3) is 11.8 Å².